The van der Waals surface area contributed by atoms with Crippen LogP contribution < -0.4 is 20.7 Å². The summed E-state index contributed by atoms with van der Waals surface area (Å²) in [5, 5.41) is 2.62. The van der Waals surface area contributed by atoms with E-state index in [0.29, 0.717) is 18.0 Å². The number of hydrogen-bond acceptors (Lipinski definition) is 4. The first kappa shape index (κ1) is 15.1. The molecular formula is C14H23N3O2. The van der Waals surface area contributed by atoms with Crippen LogP contribution in [0.4, 0.5) is 11.4 Å². The minimum Gasteiger partial charge on any atom is -0.489 e. The quantitative estimate of drug-likeness (QED) is 0.767. The Morgan fingerprint density at radius 3 is 2.68 bits per heavy atom. The standard InChI is InChI=1S/C14H23N3O2/c1-5-17(9-14(18)16-4)11-6-7-12(15)13(8-11)19-10(2)3/h6-8,10H,5,9,15H2,1-4H3,(H,16,18). The zero-order chi connectivity index (χ0) is 14.4. The molecule has 0 saturated heterocycles. The number of likely N-dealkylation sites (N-methyl/N-ethyl adjacent to an activating group) is 2. The largest absolute Gasteiger partial charge is 0.489 e. The normalized spacial score (nSPS) is 10.4. The summed E-state index contributed by atoms with van der Waals surface area (Å²) in [6.45, 7) is 6.96. The fraction of sp³-hybridized carbons (Fsp3) is 0.500. The van der Waals surface area contributed by atoms with Gasteiger partial charge in [0.2, 0.25) is 5.91 Å². The summed E-state index contributed by atoms with van der Waals surface area (Å²) in [6, 6.07) is 5.58. The number of amides is 1. The van der Waals surface area contributed by atoms with E-state index in [2.05, 4.69) is 5.32 Å². The Morgan fingerprint density at radius 1 is 1.47 bits per heavy atom. The van der Waals surface area contributed by atoms with Crippen LogP contribution in [0.3, 0.4) is 0 Å². The van der Waals surface area contributed by atoms with Crippen LogP contribution >= 0.6 is 0 Å². The molecule has 0 aromatic heterocycles. The lowest BCUT2D eigenvalue weighted by Gasteiger charge is -2.23. The molecule has 0 bridgehead atoms. The summed E-state index contributed by atoms with van der Waals surface area (Å²) >= 11 is 0. The fourth-order valence-electron chi connectivity index (χ4n) is 1.71. The molecule has 106 valence electrons. The zero-order valence-electron chi connectivity index (χ0n) is 12.1. The molecule has 0 spiro atoms. The van der Waals surface area contributed by atoms with Gasteiger partial charge in [-0.05, 0) is 32.9 Å². The Labute approximate surface area is 114 Å². The van der Waals surface area contributed by atoms with Crippen molar-refractivity contribution in [3.8, 4) is 5.75 Å². The van der Waals surface area contributed by atoms with Crippen molar-refractivity contribution in [2.45, 2.75) is 26.9 Å². The fourth-order valence-corrected chi connectivity index (χ4v) is 1.71. The highest BCUT2D eigenvalue weighted by molar-refractivity contribution is 5.81. The summed E-state index contributed by atoms with van der Waals surface area (Å²) < 4.78 is 5.66. The number of benzene rings is 1. The number of nitrogens with two attached hydrogens (primary N) is 1. The Balaban J connectivity index is 2.95. The van der Waals surface area contributed by atoms with Gasteiger partial charge in [-0.1, -0.05) is 0 Å². The lowest BCUT2D eigenvalue weighted by atomic mass is 10.2. The maximum Gasteiger partial charge on any atom is 0.239 e. The zero-order valence-corrected chi connectivity index (χ0v) is 12.1. The van der Waals surface area contributed by atoms with Crippen molar-refractivity contribution in [3.05, 3.63) is 18.2 Å². The van der Waals surface area contributed by atoms with Crippen LogP contribution in [-0.4, -0.2) is 32.1 Å². The van der Waals surface area contributed by atoms with Gasteiger partial charge in [0.1, 0.15) is 5.75 Å². The Bertz CT molecular complexity index is 433. The highest BCUT2D eigenvalue weighted by Crippen LogP contribution is 2.28. The smallest absolute Gasteiger partial charge is 0.239 e. The van der Waals surface area contributed by atoms with Crippen LogP contribution in [0.2, 0.25) is 0 Å². The van der Waals surface area contributed by atoms with Crippen LogP contribution in [0, 0.1) is 0 Å². The second kappa shape index (κ2) is 6.87. The highest BCUT2D eigenvalue weighted by atomic mass is 16.5. The average Bonchev–Trinajstić information content (AvgIpc) is 2.37. The van der Waals surface area contributed by atoms with E-state index >= 15 is 0 Å². The summed E-state index contributed by atoms with van der Waals surface area (Å²) in [5.74, 6) is 0.632. The number of ether oxygens (including phenoxy) is 1. The molecule has 0 saturated carbocycles. The van der Waals surface area contributed by atoms with Crippen molar-refractivity contribution >= 4 is 17.3 Å². The Kier molecular flexibility index (Phi) is 5.48. The number of nitrogens with zero attached hydrogens (tertiary/aromatic N) is 1. The van der Waals surface area contributed by atoms with Gasteiger partial charge in [0.05, 0.1) is 18.3 Å². The van der Waals surface area contributed by atoms with Gasteiger partial charge in [-0.15, -0.1) is 0 Å². The van der Waals surface area contributed by atoms with Crippen LogP contribution in [0.25, 0.3) is 0 Å². The SMILES string of the molecule is CCN(CC(=O)NC)c1ccc(N)c(OC(C)C)c1. The molecule has 0 aliphatic heterocycles. The molecule has 1 amide bonds. The van der Waals surface area contributed by atoms with E-state index < -0.39 is 0 Å². The van der Waals surface area contributed by atoms with Gasteiger partial charge in [-0.3, -0.25) is 4.79 Å². The molecule has 19 heavy (non-hydrogen) atoms. The van der Waals surface area contributed by atoms with E-state index in [-0.39, 0.29) is 12.0 Å². The van der Waals surface area contributed by atoms with E-state index in [4.69, 9.17) is 10.5 Å². The van der Waals surface area contributed by atoms with E-state index in [1.165, 1.54) is 0 Å². The molecule has 5 nitrogen and oxygen atoms in total. The van der Waals surface area contributed by atoms with Crippen LogP contribution in [0.15, 0.2) is 18.2 Å². The van der Waals surface area contributed by atoms with Crippen LogP contribution in [-0.2, 0) is 4.79 Å². The second-order valence-corrected chi connectivity index (χ2v) is 4.58. The molecule has 0 aliphatic carbocycles. The van der Waals surface area contributed by atoms with Gasteiger partial charge in [-0.2, -0.15) is 0 Å². The van der Waals surface area contributed by atoms with Gasteiger partial charge < -0.3 is 20.7 Å². The number of nitrogens with one attached hydrogen (secondary N) is 1. The molecule has 0 aliphatic rings. The van der Waals surface area contributed by atoms with Gasteiger partial charge >= 0.3 is 0 Å². The van der Waals surface area contributed by atoms with E-state index in [1.54, 1.807) is 13.1 Å². The number of nitrogen functional groups attached to an aromatic ring is 1. The minimum atomic E-state index is -0.0231. The number of rotatable bonds is 6. The molecule has 0 radical (unpaired) electrons. The summed E-state index contributed by atoms with van der Waals surface area (Å²) in [5.41, 5.74) is 7.42. The summed E-state index contributed by atoms with van der Waals surface area (Å²) in [6.07, 6.45) is 0.0616. The van der Waals surface area contributed by atoms with E-state index in [0.717, 1.165) is 12.2 Å². The van der Waals surface area contributed by atoms with Gasteiger partial charge in [0.15, 0.2) is 0 Å². The van der Waals surface area contributed by atoms with Gasteiger partial charge in [-0.25, -0.2) is 0 Å². The van der Waals surface area contributed by atoms with Gasteiger partial charge in [0.25, 0.3) is 0 Å². The predicted octanol–water partition coefficient (Wildman–Crippen LogP) is 1.63. The predicted molar refractivity (Wildman–Crippen MR) is 78.6 cm³/mol. The summed E-state index contributed by atoms with van der Waals surface area (Å²) in [4.78, 5) is 13.4. The third kappa shape index (κ3) is 4.35. The van der Waals surface area contributed by atoms with Crippen molar-refractivity contribution in [2.75, 3.05) is 30.8 Å². The second-order valence-electron chi connectivity index (χ2n) is 4.58. The first-order valence-corrected chi connectivity index (χ1v) is 6.49. The maximum absolute atomic E-state index is 11.5. The first-order valence-electron chi connectivity index (χ1n) is 6.49. The van der Waals surface area contributed by atoms with Crippen molar-refractivity contribution in [1.82, 2.24) is 5.32 Å². The van der Waals surface area contributed by atoms with E-state index in [1.807, 2.05) is 37.8 Å². The van der Waals surface area contributed by atoms with Crippen LogP contribution in [0.1, 0.15) is 20.8 Å². The Hall–Kier alpha value is -1.91. The molecule has 0 heterocycles. The minimum absolute atomic E-state index is 0.0231. The van der Waals surface area contributed by atoms with Crippen molar-refractivity contribution in [2.24, 2.45) is 0 Å². The molecule has 0 fully saturated rings. The molecule has 0 unspecified atom stereocenters. The molecule has 1 aromatic rings. The number of anilines is 2. The Morgan fingerprint density at radius 2 is 2.16 bits per heavy atom. The van der Waals surface area contributed by atoms with Crippen LogP contribution in [0.5, 0.6) is 5.75 Å². The number of hydrogen-bond donors (Lipinski definition) is 2. The van der Waals surface area contributed by atoms with Crippen molar-refractivity contribution < 1.29 is 9.53 Å². The van der Waals surface area contributed by atoms with Gasteiger partial charge in [0, 0.05) is 25.3 Å². The lowest BCUT2D eigenvalue weighted by molar-refractivity contribution is -0.119. The molecule has 1 aromatic carbocycles. The third-order valence-corrected chi connectivity index (χ3v) is 2.72. The first-order chi connectivity index (χ1) is 8.97. The number of carbonyl (C=O) groups is 1. The lowest BCUT2D eigenvalue weighted by Crippen LogP contribution is -2.35. The number of carbonyl (C=O) groups excluding carboxylic acids is 1. The molecule has 3 N–H and O–H groups in total. The van der Waals surface area contributed by atoms with Crippen molar-refractivity contribution in [1.29, 1.82) is 0 Å². The average molecular weight is 265 g/mol. The third-order valence-electron chi connectivity index (χ3n) is 2.72. The maximum atomic E-state index is 11.5. The van der Waals surface area contributed by atoms with Crippen molar-refractivity contribution in [3.63, 3.8) is 0 Å². The topological polar surface area (TPSA) is 67.6 Å². The highest BCUT2D eigenvalue weighted by Gasteiger charge is 2.11. The molecular weight excluding hydrogens is 242 g/mol. The molecule has 0 atom stereocenters. The monoisotopic (exact) mass is 265 g/mol. The van der Waals surface area contributed by atoms with E-state index in [9.17, 15) is 4.79 Å². The molecule has 5 heteroatoms. The summed E-state index contributed by atoms with van der Waals surface area (Å²) in [7, 11) is 1.63. The molecule has 1 rings (SSSR count).